The summed E-state index contributed by atoms with van der Waals surface area (Å²) >= 11 is 0. The van der Waals surface area contributed by atoms with Gasteiger partial charge in [-0.3, -0.25) is 0 Å². The molecule has 8 nitrogen and oxygen atoms in total. The number of rotatable bonds is 5. The first kappa shape index (κ1) is 21.4. The van der Waals surface area contributed by atoms with Crippen LogP contribution in [0.2, 0.25) is 0 Å². The number of fused-ring (bicyclic) bond motifs is 1. The van der Waals surface area contributed by atoms with Crippen LogP contribution in [0, 0.1) is 0 Å². The maximum Gasteiger partial charge on any atom is 0.159 e. The van der Waals surface area contributed by atoms with Crippen molar-refractivity contribution in [3.05, 3.63) is 72.7 Å². The van der Waals surface area contributed by atoms with Crippen LogP contribution in [0.25, 0.3) is 44.8 Å². The van der Waals surface area contributed by atoms with Crippen molar-refractivity contribution in [1.82, 2.24) is 40.5 Å². The van der Waals surface area contributed by atoms with Crippen LogP contribution in [0.1, 0.15) is 49.4 Å². The van der Waals surface area contributed by atoms with E-state index in [1.807, 2.05) is 30.7 Å². The minimum atomic E-state index is 0.322. The fraction of sp³-hybridized carbons (Fsp3) is 0.286. The van der Waals surface area contributed by atoms with Gasteiger partial charge in [-0.25, -0.2) is 19.9 Å². The lowest BCUT2D eigenvalue weighted by Crippen LogP contribution is -2.14. The van der Waals surface area contributed by atoms with Gasteiger partial charge in [0, 0.05) is 23.5 Å². The van der Waals surface area contributed by atoms with Crippen molar-refractivity contribution in [3.63, 3.8) is 0 Å². The molecule has 2 saturated heterocycles. The van der Waals surface area contributed by atoms with Crippen LogP contribution < -0.4 is 10.6 Å². The second-order valence-corrected chi connectivity index (χ2v) is 9.71. The number of nitrogens with zero attached hydrogens (tertiary/aromatic N) is 4. The average Bonchev–Trinajstić information content (AvgIpc) is 3.75. The first-order valence-corrected chi connectivity index (χ1v) is 12.7. The summed E-state index contributed by atoms with van der Waals surface area (Å²) in [6.07, 6.45) is 10.4. The maximum atomic E-state index is 4.77. The largest absolute Gasteiger partial charge is 0.341 e. The minimum absolute atomic E-state index is 0.322. The third kappa shape index (κ3) is 3.98. The van der Waals surface area contributed by atoms with Crippen molar-refractivity contribution in [2.75, 3.05) is 13.1 Å². The van der Waals surface area contributed by atoms with Crippen molar-refractivity contribution in [3.8, 4) is 33.8 Å². The van der Waals surface area contributed by atoms with E-state index in [-0.39, 0.29) is 0 Å². The number of imidazole rings is 2. The molecular formula is C28H28N8. The van der Waals surface area contributed by atoms with E-state index in [1.54, 1.807) is 0 Å². The van der Waals surface area contributed by atoms with E-state index in [4.69, 9.17) is 4.98 Å². The number of hydrogen-bond donors (Lipinski definition) is 4. The molecule has 2 unspecified atom stereocenters. The highest BCUT2D eigenvalue weighted by molar-refractivity contribution is 5.80. The Kier molecular flexibility index (Phi) is 5.33. The van der Waals surface area contributed by atoms with E-state index in [0.717, 1.165) is 76.6 Å². The van der Waals surface area contributed by atoms with E-state index in [9.17, 15) is 0 Å². The molecule has 8 heteroatoms. The topological polar surface area (TPSA) is 107 Å². The van der Waals surface area contributed by atoms with Crippen LogP contribution in [0.3, 0.4) is 0 Å². The molecule has 0 spiro atoms. The van der Waals surface area contributed by atoms with Crippen molar-refractivity contribution in [2.24, 2.45) is 0 Å². The van der Waals surface area contributed by atoms with Gasteiger partial charge in [-0.2, -0.15) is 0 Å². The highest BCUT2D eigenvalue weighted by Crippen LogP contribution is 2.28. The van der Waals surface area contributed by atoms with Gasteiger partial charge >= 0.3 is 0 Å². The Labute approximate surface area is 209 Å². The molecule has 180 valence electrons. The molecule has 2 fully saturated rings. The summed E-state index contributed by atoms with van der Waals surface area (Å²) in [5.41, 5.74) is 7.20. The third-order valence-electron chi connectivity index (χ3n) is 7.32. The van der Waals surface area contributed by atoms with Gasteiger partial charge in [0.15, 0.2) is 5.82 Å². The summed E-state index contributed by atoms with van der Waals surface area (Å²) in [4.78, 5) is 25.6. The summed E-state index contributed by atoms with van der Waals surface area (Å²) < 4.78 is 0. The van der Waals surface area contributed by atoms with Crippen LogP contribution in [0.15, 0.2) is 61.1 Å². The molecule has 2 aromatic carbocycles. The zero-order valence-electron chi connectivity index (χ0n) is 20.0. The van der Waals surface area contributed by atoms with Crippen molar-refractivity contribution >= 4 is 11.0 Å². The van der Waals surface area contributed by atoms with Crippen LogP contribution in [0.5, 0.6) is 0 Å². The summed E-state index contributed by atoms with van der Waals surface area (Å²) in [5.74, 6) is 2.74. The molecule has 4 N–H and O–H groups in total. The predicted octanol–water partition coefficient (Wildman–Crippen LogP) is 4.93. The van der Waals surface area contributed by atoms with Gasteiger partial charge in [0.2, 0.25) is 0 Å². The van der Waals surface area contributed by atoms with Crippen LogP contribution in [0.4, 0.5) is 0 Å². The van der Waals surface area contributed by atoms with Crippen molar-refractivity contribution in [2.45, 2.75) is 37.8 Å². The summed E-state index contributed by atoms with van der Waals surface area (Å²) in [5, 5.41) is 6.99. The van der Waals surface area contributed by atoms with E-state index in [1.165, 1.54) is 12.8 Å². The zero-order valence-corrected chi connectivity index (χ0v) is 20.0. The number of aromatic amines is 2. The Morgan fingerprint density at radius 1 is 0.639 bits per heavy atom. The lowest BCUT2D eigenvalue weighted by molar-refractivity contribution is 0.613. The van der Waals surface area contributed by atoms with Crippen LogP contribution >= 0.6 is 0 Å². The van der Waals surface area contributed by atoms with Crippen molar-refractivity contribution < 1.29 is 0 Å². The monoisotopic (exact) mass is 476 g/mol. The average molecular weight is 477 g/mol. The minimum Gasteiger partial charge on any atom is -0.341 e. The Bertz CT molecular complexity index is 1490. The molecule has 0 aliphatic carbocycles. The van der Waals surface area contributed by atoms with Crippen LogP contribution in [-0.4, -0.2) is 43.0 Å². The summed E-state index contributed by atoms with van der Waals surface area (Å²) in [7, 11) is 0. The van der Waals surface area contributed by atoms with Gasteiger partial charge in [0.25, 0.3) is 0 Å². The van der Waals surface area contributed by atoms with Gasteiger partial charge in [0.05, 0.1) is 35.0 Å². The molecule has 2 aliphatic rings. The predicted molar refractivity (Wildman–Crippen MR) is 140 cm³/mol. The fourth-order valence-corrected chi connectivity index (χ4v) is 5.30. The lowest BCUT2D eigenvalue weighted by atomic mass is 10.1. The summed E-state index contributed by atoms with van der Waals surface area (Å²) in [6.45, 7) is 2.12. The molecule has 5 aromatic rings. The number of nitrogens with one attached hydrogen (secondary N) is 4. The number of H-pyrrole nitrogens is 2. The van der Waals surface area contributed by atoms with Gasteiger partial charge in [-0.15, -0.1) is 0 Å². The Balaban J connectivity index is 1.09. The zero-order chi connectivity index (χ0) is 23.9. The lowest BCUT2D eigenvalue weighted by Gasteiger charge is -2.06. The van der Waals surface area contributed by atoms with Crippen molar-refractivity contribution in [1.29, 1.82) is 0 Å². The molecule has 7 rings (SSSR count). The van der Waals surface area contributed by atoms with Gasteiger partial charge < -0.3 is 20.6 Å². The highest BCUT2D eigenvalue weighted by Gasteiger charge is 2.20. The van der Waals surface area contributed by atoms with Gasteiger partial charge in [-0.05, 0) is 68.1 Å². The molecular weight excluding hydrogens is 448 g/mol. The molecule has 2 atom stereocenters. The smallest absolute Gasteiger partial charge is 0.159 e. The standard InChI is InChI=1S/C28H28N8/c1-3-22(29-11-1)27-33-16-25(36-27)18-7-5-17(6-8-18)20-14-31-26(32-15-20)19-9-10-21-24(13-19)35-28(34-21)23-4-2-12-30-23/h5-10,13-16,22-23,29-30H,1-4,11-12H2,(H,33,36)(H,34,35). The quantitative estimate of drug-likeness (QED) is 0.287. The van der Waals surface area contributed by atoms with E-state index < -0.39 is 0 Å². The second-order valence-electron chi connectivity index (χ2n) is 9.71. The number of aromatic nitrogens is 6. The third-order valence-corrected chi connectivity index (χ3v) is 7.32. The molecule has 0 bridgehead atoms. The SMILES string of the molecule is c1cc(-c2cnc(C3CCCN3)[nH]2)ccc1-c1cnc(-c2ccc3nc(C4CCCN4)[nH]c3c2)nc1. The Morgan fingerprint density at radius 2 is 1.33 bits per heavy atom. The Morgan fingerprint density at radius 3 is 2.06 bits per heavy atom. The Hall–Kier alpha value is -3.88. The van der Waals surface area contributed by atoms with E-state index >= 15 is 0 Å². The fourth-order valence-electron chi connectivity index (χ4n) is 5.30. The normalized spacial score (nSPS) is 19.9. The van der Waals surface area contributed by atoms with Gasteiger partial charge in [-0.1, -0.05) is 24.3 Å². The van der Waals surface area contributed by atoms with Crippen LogP contribution in [-0.2, 0) is 0 Å². The first-order valence-electron chi connectivity index (χ1n) is 12.7. The summed E-state index contributed by atoms with van der Waals surface area (Å²) in [6, 6.07) is 15.3. The van der Waals surface area contributed by atoms with Gasteiger partial charge in [0.1, 0.15) is 11.6 Å². The molecule has 0 radical (unpaired) electrons. The maximum absolute atomic E-state index is 4.77. The molecule has 5 heterocycles. The first-order chi connectivity index (χ1) is 17.8. The second kappa shape index (κ2) is 8.96. The molecule has 2 aliphatic heterocycles. The van der Waals surface area contributed by atoms with E-state index in [0.29, 0.717) is 17.9 Å². The molecule has 3 aromatic heterocycles. The number of benzene rings is 2. The molecule has 0 saturated carbocycles. The van der Waals surface area contributed by atoms with E-state index in [2.05, 4.69) is 65.9 Å². The highest BCUT2D eigenvalue weighted by atomic mass is 15.0. The number of hydrogen-bond acceptors (Lipinski definition) is 6. The molecule has 36 heavy (non-hydrogen) atoms. The molecule has 0 amide bonds.